The minimum atomic E-state index is -1.04. The summed E-state index contributed by atoms with van der Waals surface area (Å²) in [5.41, 5.74) is 0.435. The molecule has 0 amide bonds. The van der Waals surface area contributed by atoms with Crippen LogP contribution in [0.15, 0.2) is 6.20 Å². The molecule has 2 N–H and O–H groups in total. The van der Waals surface area contributed by atoms with Crippen molar-refractivity contribution in [3.8, 4) is 0 Å². The Bertz CT molecular complexity index is 354. The van der Waals surface area contributed by atoms with Crippen molar-refractivity contribution < 1.29 is 14.9 Å². The van der Waals surface area contributed by atoms with Gasteiger partial charge in [-0.2, -0.15) is 5.10 Å². The van der Waals surface area contributed by atoms with E-state index in [1.54, 1.807) is 11.8 Å². The highest BCUT2D eigenvalue weighted by atomic mass is 35.5. The number of hydrogen-bond acceptors (Lipinski definition) is 4. The molecule has 0 saturated carbocycles. The number of hydrogen-bond donors (Lipinski definition) is 2. The average molecular weight is 263 g/mol. The predicted molar refractivity (Wildman–Crippen MR) is 64.9 cm³/mol. The van der Waals surface area contributed by atoms with Crippen LogP contribution in [0.25, 0.3) is 0 Å². The molecule has 17 heavy (non-hydrogen) atoms. The highest BCUT2D eigenvalue weighted by molar-refractivity contribution is 6.31. The second kappa shape index (κ2) is 6.35. The normalized spacial score (nSPS) is 15.2. The van der Waals surface area contributed by atoms with Crippen molar-refractivity contribution in [2.45, 2.75) is 32.6 Å². The van der Waals surface area contributed by atoms with Crippen molar-refractivity contribution in [1.29, 1.82) is 0 Å². The lowest BCUT2D eigenvalue weighted by Crippen LogP contribution is -2.27. The minimum absolute atomic E-state index is 0.0631. The molecule has 1 aromatic rings. The van der Waals surface area contributed by atoms with Crippen LogP contribution in [-0.4, -0.2) is 39.8 Å². The van der Waals surface area contributed by atoms with Gasteiger partial charge in [0.15, 0.2) is 0 Å². The molecule has 0 aliphatic heterocycles. The number of halogens is 1. The van der Waals surface area contributed by atoms with Gasteiger partial charge >= 0.3 is 0 Å². The van der Waals surface area contributed by atoms with E-state index in [-0.39, 0.29) is 5.92 Å². The van der Waals surface area contributed by atoms with Crippen LogP contribution in [0.1, 0.15) is 25.6 Å². The second-order valence-corrected chi connectivity index (χ2v) is 4.68. The van der Waals surface area contributed by atoms with E-state index in [9.17, 15) is 10.2 Å². The zero-order valence-corrected chi connectivity index (χ0v) is 11.1. The summed E-state index contributed by atoms with van der Waals surface area (Å²) in [7, 11) is 1.59. The fraction of sp³-hybridized carbons (Fsp3) is 0.727. The maximum absolute atomic E-state index is 10.1. The molecule has 2 unspecified atom stereocenters. The SMILES string of the molecule is COCCn1ncc(Cl)c1C(O)C(O)C(C)C. The summed E-state index contributed by atoms with van der Waals surface area (Å²) < 4.78 is 6.51. The molecule has 0 fully saturated rings. The van der Waals surface area contributed by atoms with Crippen molar-refractivity contribution in [3.63, 3.8) is 0 Å². The smallest absolute Gasteiger partial charge is 0.123 e. The first-order chi connectivity index (χ1) is 7.99. The number of nitrogens with zero attached hydrogens (tertiary/aromatic N) is 2. The Balaban J connectivity index is 2.91. The van der Waals surface area contributed by atoms with Gasteiger partial charge < -0.3 is 14.9 Å². The van der Waals surface area contributed by atoms with E-state index in [0.717, 1.165) is 0 Å². The van der Waals surface area contributed by atoms with Gasteiger partial charge in [-0.25, -0.2) is 0 Å². The third kappa shape index (κ3) is 3.42. The van der Waals surface area contributed by atoms with Crippen LogP contribution in [0.5, 0.6) is 0 Å². The van der Waals surface area contributed by atoms with E-state index in [4.69, 9.17) is 16.3 Å². The minimum Gasteiger partial charge on any atom is -0.390 e. The number of aliphatic hydroxyl groups excluding tert-OH is 2. The van der Waals surface area contributed by atoms with Gasteiger partial charge in [-0.1, -0.05) is 25.4 Å². The molecular formula is C11H19ClN2O3. The molecule has 0 aromatic carbocycles. The first-order valence-electron chi connectivity index (χ1n) is 5.55. The van der Waals surface area contributed by atoms with Gasteiger partial charge in [0.05, 0.1) is 36.2 Å². The van der Waals surface area contributed by atoms with Gasteiger partial charge in [0.25, 0.3) is 0 Å². The molecule has 0 spiro atoms. The van der Waals surface area contributed by atoms with Crippen LogP contribution in [0, 0.1) is 5.92 Å². The average Bonchev–Trinajstić information content (AvgIpc) is 2.65. The Morgan fingerprint density at radius 3 is 2.65 bits per heavy atom. The van der Waals surface area contributed by atoms with Gasteiger partial charge in [-0.3, -0.25) is 4.68 Å². The Morgan fingerprint density at radius 2 is 2.12 bits per heavy atom. The summed E-state index contributed by atoms with van der Waals surface area (Å²) in [5, 5.41) is 24.3. The molecule has 0 saturated heterocycles. The van der Waals surface area contributed by atoms with E-state index in [2.05, 4.69) is 5.10 Å². The van der Waals surface area contributed by atoms with Crippen LogP contribution < -0.4 is 0 Å². The zero-order valence-electron chi connectivity index (χ0n) is 10.3. The molecule has 0 aliphatic carbocycles. The lowest BCUT2D eigenvalue weighted by molar-refractivity contribution is -0.0145. The maximum atomic E-state index is 10.1. The number of methoxy groups -OCH3 is 1. The van der Waals surface area contributed by atoms with Crippen LogP contribution in [0.3, 0.4) is 0 Å². The Hall–Kier alpha value is -0.620. The summed E-state index contributed by atoms with van der Waals surface area (Å²) in [4.78, 5) is 0. The summed E-state index contributed by atoms with van der Waals surface area (Å²) in [6, 6.07) is 0. The molecule has 0 bridgehead atoms. The predicted octanol–water partition coefficient (Wildman–Crippen LogP) is 1.23. The summed E-state index contributed by atoms with van der Waals surface area (Å²) >= 11 is 5.97. The lowest BCUT2D eigenvalue weighted by Gasteiger charge is -2.22. The van der Waals surface area contributed by atoms with Gasteiger partial charge in [0.1, 0.15) is 6.10 Å². The molecule has 6 heteroatoms. The molecule has 2 atom stereocenters. The number of rotatable bonds is 6. The first kappa shape index (κ1) is 14.4. The largest absolute Gasteiger partial charge is 0.390 e. The molecule has 98 valence electrons. The van der Waals surface area contributed by atoms with Crippen LogP contribution in [-0.2, 0) is 11.3 Å². The summed E-state index contributed by atoms with van der Waals surface area (Å²) in [6.07, 6.45) is -0.449. The highest BCUT2D eigenvalue weighted by Crippen LogP contribution is 2.27. The Labute approximate surface area is 106 Å². The summed E-state index contributed by atoms with van der Waals surface area (Å²) in [6.45, 7) is 4.62. The van der Waals surface area contributed by atoms with Crippen LogP contribution >= 0.6 is 11.6 Å². The van der Waals surface area contributed by atoms with Crippen LogP contribution in [0.4, 0.5) is 0 Å². The molecule has 0 aliphatic rings. The standard InChI is InChI=1S/C11H19ClN2O3/c1-7(2)10(15)11(16)9-8(12)6-13-14(9)4-5-17-3/h6-7,10-11,15-16H,4-5H2,1-3H3. The van der Waals surface area contributed by atoms with Gasteiger partial charge in [0, 0.05) is 7.11 Å². The fourth-order valence-electron chi connectivity index (χ4n) is 1.55. The van der Waals surface area contributed by atoms with E-state index < -0.39 is 12.2 Å². The zero-order chi connectivity index (χ0) is 13.0. The second-order valence-electron chi connectivity index (χ2n) is 4.27. The third-order valence-electron chi connectivity index (χ3n) is 2.63. The topological polar surface area (TPSA) is 67.5 Å². The lowest BCUT2D eigenvalue weighted by atomic mass is 10.00. The highest BCUT2D eigenvalue weighted by Gasteiger charge is 2.27. The molecule has 1 heterocycles. The van der Waals surface area contributed by atoms with Gasteiger partial charge in [-0.05, 0) is 5.92 Å². The first-order valence-corrected chi connectivity index (χ1v) is 5.93. The number of ether oxygens (including phenoxy) is 1. The number of aromatic nitrogens is 2. The third-order valence-corrected chi connectivity index (χ3v) is 2.92. The summed E-state index contributed by atoms with van der Waals surface area (Å²) in [5.74, 6) is -0.0631. The van der Waals surface area contributed by atoms with Crippen molar-refractivity contribution in [2.24, 2.45) is 5.92 Å². The van der Waals surface area contributed by atoms with E-state index in [0.29, 0.717) is 23.9 Å². The Morgan fingerprint density at radius 1 is 1.47 bits per heavy atom. The van der Waals surface area contributed by atoms with Gasteiger partial charge in [0.2, 0.25) is 0 Å². The van der Waals surface area contributed by atoms with Crippen molar-refractivity contribution in [1.82, 2.24) is 9.78 Å². The van der Waals surface area contributed by atoms with Crippen molar-refractivity contribution in [3.05, 3.63) is 16.9 Å². The number of aliphatic hydroxyl groups is 2. The molecule has 0 radical (unpaired) electrons. The monoisotopic (exact) mass is 262 g/mol. The fourth-order valence-corrected chi connectivity index (χ4v) is 1.80. The molecule has 5 nitrogen and oxygen atoms in total. The molecular weight excluding hydrogens is 244 g/mol. The van der Waals surface area contributed by atoms with E-state index in [1.807, 2.05) is 13.8 Å². The van der Waals surface area contributed by atoms with Crippen molar-refractivity contribution in [2.75, 3.05) is 13.7 Å². The van der Waals surface area contributed by atoms with E-state index in [1.165, 1.54) is 6.20 Å². The maximum Gasteiger partial charge on any atom is 0.123 e. The quantitative estimate of drug-likeness (QED) is 0.809. The van der Waals surface area contributed by atoms with Crippen molar-refractivity contribution >= 4 is 11.6 Å². The molecule has 1 rings (SSSR count). The van der Waals surface area contributed by atoms with E-state index >= 15 is 0 Å². The Kier molecular flexibility index (Phi) is 5.39. The van der Waals surface area contributed by atoms with Gasteiger partial charge in [-0.15, -0.1) is 0 Å². The van der Waals surface area contributed by atoms with Crippen LogP contribution in [0.2, 0.25) is 5.02 Å². The molecule has 1 aromatic heterocycles.